The fraction of sp³-hybridized carbons (Fsp3) is 0.120. The zero-order valence-electron chi connectivity index (χ0n) is 17.7. The maximum Gasteiger partial charge on any atom is 0.254 e. The van der Waals surface area contributed by atoms with Crippen LogP contribution >= 0.6 is 0 Å². The molecule has 0 atom stereocenters. The molecular formula is C25H22N4O4. The van der Waals surface area contributed by atoms with Gasteiger partial charge in [0.25, 0.3) is 5.89 Å². The van der Waals surface area contributed by atoms with Gasteiger partial charge >= 0.3 is 0 Å². The number of carbonyl (C=O) groups is 2. The van der Waals surface area contributed by atoms with Crippen molar-refractivity contribution in [2.45, 2.75) is 13.0 Å². The fourth-order valence-electron chi connectivity index (χ4n) is 3.05. The quantitative estimate of drug-likeness (QED) is 0.410. The summed E-state index contributed by atoms with van der Waals surface area (Å²) < 4.78 is 11.3. The van der Waals surface area contributed by atoms with Crippen molar-refractivity contribution in [2.24, 2.45) is 0 Å². The molecule has 0 aliphatic heterocycles. The summed E-state index contributed by atoms with van der Waals surface area (Å²) in [4.78, 5) is 24.2. The first-order valence-corrected chi connectivity index (χ1v) is 10.4. The standard InChI is InChI=1S/C25H22N4O4/c30-22(14-18-8-3-1-4-9-18)26-16-23(31)27-20-12-7-13-21(15-20)32-17-24-28-29-25(33-24)19-10-5-2-6-11-19/h1-13,15H,14,16-17H2,(H,26,30)(H,27,31). The first kappa shape index (κ1) is 21.8. The highest BCUT2D eigenvalue weighted by Crippen LogP contribution is 2.20. The summed E-state index contributed by atoms with van der Waals surface area (Å²) in [7, 11) is 0. The number of ether oxygens (including phenoxy) is 1. The van der Waals surface area contributed by atoms with Crippen LogP contribution in [0.25, 0.3) is 11.5 Å². The third-order valence-electron chi connectivity index (χ3n) is 4.62. The highest BCUT2D eigenvalue weighted by Gasteiger charge is 2.10. The Hall–Kier alpha value is -4.46. The normalized spacial score (nSPS) is 10.4. The van der Waals surface area contributed by atoms with E-state index in [2.05, 4.69) is 20.8 Å². The number of hydrogen-bond donors (Lipinski definition) is 2. The molecule has 0 radical (unpaired) electrons. The molecule has 8 nitrogen and oxygen atoms in total. The van der Waals surface area contributed by atoms with E-state index in [1.165, 1.54) is 0 Å². The number of hydrogen-bond acceptors (Lipinski definition) is 6. The van der Waals surface area contributed by atoms with Crippen LogP contribution in [0.5, 0.6) is 5.75 Å². The van der Waals surface area contributed by atoms with Crippen molar-refractivity contribution in [1.82, 2.24) is 15.5 Å². The van der Waals surface area contributed by atoms with Crippen LogP contribution in [0.4, 0.5) is 5.69 Å². The molecule has 0 unspecified atom stereocenters. The second-order valence-electron chi connectivity index (χ2n) is 7.17. The molecule has 0 saturated heterocycles. The molecule has 0 aliphatic carbocycles. The van der Waals surface area contributed by atoms with Crippen LogP contribution in [0.15, 0.2) is 89.3 Å². The smallest absolute Gasteiger partial charge is 0.254 e. The number of aromatic nitrogens is 2. The number of anilines is 1. The predicted octanol–water partition coefficient (Wildman–Crippen LogP) is 3.61. The Morgan fingerprint density at radius 3 is 2.39 bits per heavy atom. The molecule has 2 amide bonds. The Morgan fingerprint density at radius 2 is 1.61 bits per heavy atom. The molecule has 33 heavy (non-hydrogen) atoms. The Labute approximate surface area is 190 Å². The molecule has 1 aromatic heterocycles. The number of rotatable bonds is 9. The van der Waals surface area contributed by atoms with Gasteiger partial charge in [-0.2, -0.15) is 0 Å². The van der Waals surface area contributed by atoms with Gasteiger partial charge in [-0.15, -0.1) is 10.2 Å². The number of nitrogens with one attached hydrogen (secondary N) is 2. The van der Waals surface area contributed by atoms with Crippen molar-refractivity contribution in [1.29, 1.82) is 0 Å². The minimum atomic E-state index is -0.335. The zero-order valence-corrected chi connectivity index (χ0v) is 17.7. The van der Waals surface area contributed by atoms with E-state index >= 15 is 0 Å². The van der Waals surface area contributed by atoms with E-state index in [-0.39, 0.29) is 31.4 Å². The van der Waals surface area contributed by atoms with E-state index in [0.29, 0.717) is 23.2 Å². The van der Waals surface area contributed by atoms with Gasteiger partial charge in [0.05, 0.1) is 13.0 Å². The lowest BCUT2D eigenvalue weighted by molar-refractivity contribution is -0.123. The molecule has 4 aromatic rings. The Bertz CT molecular complexity index is 1210. The van der Waals surface area contributed by atoms with E-state index in [1.807, 2.05) is 60.7 Å². The SMILES string of the molecule is O=C(Cc1ccccc1)NCC(=O)Nc1cccc(OCc2nnc(-c3ccccc3)o2)c1. The molecule has 8 heteroatoms. The third-order valence-corrected chi connectivity index (χ3v) is 4.62. The van der Waals surface area contributed by atoms with E-state index in [1.54, 1.807) is 24.3 Å². The lowest BCUT2D eigenvalue weighted by Gasteiger charge is -2.09. The second-order valence-corrected chi connectivity index (χ2v) is 7.17. The molecule has 3 aromatic carbocycles. The summed E-state index contributed by atoms with van der Waals surface area (Å²) in [6.07, 6.45) is 0.221. The zero-order chi connectivity index (χ0) is 22.9. The van der Waals surface area contributed by atoms with Crippen LogP contribution in [0, 0.1) is 0 Å². The van der Waals surface area contributed by atoms with Gasteiger partial charge in [0.15, 0.2) is 6.61 Å². The highest BCUT2D eigenvalue weighted by atomic mass is 16.5. The molecule has 0 fully saturated rings. The van der Waals surface area contributed by atoms with Crippen molar-refractivity contribution < 1.29 is 18.7 Å². The fourth-order valence-corrected chi connectivity index (χ4v) is 3.05. The summed E-state index contributed by atoms with van der Waals surface area (Å²) in [6.45, 7) is -0.0340. The summed E-state index contributed by atoms with van der Waals surface area (Å²) in [6, 6.07) is 25.7. The minimum Gasteiger partial charge on any atom is -0.484 e. The minimum absolute atomic E-state index is 0.0901. The van der Waals surface area contributed by atoms with Crippen LogP contribution in [0.1, 0.15) is 11.5 Å². The molecule has 1 heterocycles. The van der Waals surface area contributed by atoms with E-state index < -0.39 is 0 Å². The number of benzene rings is 3. The third kappa shape index (κ3) is 6.51. The van der Waals surface area contributed by atoms with Gasteiger partial charge < -0.3 is 19.8 Å². The monoisotopic (exact) mass is 442 g/mol. The van der Waals surface area contributed by atoms with Gasteiger partial charge in [-0.3, -0.25) is 9.59 Å². The topological polar surface area (TPSA) is 106 Å². The summed E-state index contributed by atoms with van der Waals surface area (Å²) in [5.74, 6) is 0.732. The highest BCUT2D eigenvalue weighted by molar-refractivity contribution is 5.94. The Balaban J connectivity index is 1.25. The Kier molecular flexibility index (Phi) is 7.07. The Morgan fingerprint density at radius 1 is 0.848 bits per heavy atom. The number of carbonyl (C=O) groups excluding carboxylic acids is 2. The molecule has 4 rings (SSSR count). The van der Waals surface area contributed by atoms with Crippen LogP contribution < -0.4 is 15.4 Å². The van der Waals surface area contributed by atoms with Crippen molar-refractivity contribution in [3.05, 3.63) is 96.4 Å². The first-order chi connectivity index (χ1) is 16.2. The van der Waals surface area contributed by atoms with Crippen LogP contribution in [-0.2, 0) is 22.6 Å². The van der Waals surface area contributed by atoms with Gasteiger partial charge in [-0.05, 0) is 29.8 Å². The van der Waals surface area contributed by atoms with Crippen molar-refractivity contribution in [3.63, 3.8) is 0 Å². The summed E-state index contributed by atoms with van der Waals surface area (Å²) >= 11 is 0. The average molecular weight is 442 g/mol. The molecule has 166 valence electrons. The van der Waals surface area contributed by atoms with Gasteiger partial charge in [0.1, 0.15) is 5.75 Å². The molecule has 0 bridgehead atoms. The average Bonchev–Trinajstić information content (AvgIpc) is 3.32. The van der Waals surface area contributed by atoms with Crippen LogP contribution in [-0.4, -0.2) is 28.6 Å². The van der Waals surface area contributed by atoms with Crippen molar-refractivity contribution in [3.8, 4) is 17.2 Å². The predicted molar refractivity (Wildman–Crippen MR) is 122 cm³/mol. The van der Waals surface area contributed by atoms with Crippen LogP contribution in [0.3, 0.4) is 0 Å². The lowest BCUT2D eigenvalue weighted by atomic mass is 10.1. The summed E-state index contributed by atoms with van der Waals surface area (Å²) in [5.41, 5.74) is 2.26. The molecule has 0 spiro atoms. The molecule has 2 N–H and O–H groups in total. The first-order valence-electron chi connectivity index (χ1n) is 10.4. The largest absolute Gasteiger partial charge is 0.484 e. The second kappa shape index (κ2) is 10.7. The maximum atomic E-state index is 12.2. The van der Waals surface area contributed by atoms with Gasteiger partial charge in [-0.1, -0.05) is 54.6 Å². The van der Waals surface area contributed by atoms with Crippen LogP contribution in [0.2, 0.25) is 0 Å². The van der Waals surface area contributed by atoms with Gasteiger partial charge in [0.2, 0.25) is 17.7 Å². The van der Waals surface area contributed by atoms with E-state index in [0.717, 1.165) is 11.1 Å². The lowest BCUT2D eigenvalue weighted by Crippen LogP contribution is -2.33. The summed E-state index contributed by atoms with van der Waals surface area (Å²) in [5, 5.41) is 13.4. The number of nitrogens with zero attached hydrogens (tertiary/aromatic N) is 2. The van der Waals surface area contributed by atoms with E-state index in [9.17, 15) is 9.59 Å². The van der Waals surface area contributed by atoms with Gasteiger partial charge in [0, 0.05) is 17.3 Å². The molecule has 0 saturated carbocycles. The molecular weight excluding hydrogens is 420 g/mol. The maximum absolute atomic E-state index is 12.2. The number of amides is 2. The van der Waals surface area contributed by atoms with Gasteiger partial charge in [-0.25, -0.2) is 0 Å². The van der Waals surface area contributed by atoms with Crippen molar-refractivity contribution >= 4 is 17.5 Å². The van der Waals surface area contributed by atoms with E-state index in [4.69, 9.17) is 9.15 Å². The van der Waals surface area contributed by atoms with Crippen molar-refractivity contribution in [2.75, 3.05) is 11.9 Å². The molecule has 0 aliphatic rings.